The van der Waals surface area contributed by atoms with Crippen molar-refractivity contribution >= 4 is 56.5 Å². The number of aromatic hydroxyl groups is 2. The van der Waals surface area contributed by atoms with Gasteiger partial charge in [-0.3, -0.25) is 4.55 Å². The van der Waals surface area contributed by atoms with Crippen molar-refractivity contribution < 1.29 is 23.2 Å². The van der Waals surface area contributed by atoms with E-state index in [1.165, 1.54) is 48.5 Å². The molecule has 3 N–H and O–H groups in total. The van der Waals surface area contributed by atoms with Crippen LogP contribution in [0.5, 0.6) is 11.5 Å². The number of phenolic OH excluding ortho intramolecular Hbond substituents is 2. The predicted octanol–water partition coefficient (Wildman–Crippen LogP) is 5.89. The molecule has 0 bridgehead atoms. The fourth-order valence-corrected chi connectivity index (χ4v) is 5.65. The van der Waals surface area contributed by atoms with Crippen molar-refractivity contribution in [3.05, 3.63) is 91.4 Å². The van der Waals surface area contributed by atoms with Gasteiger partial charge in [-0.25, -0.2) is 0 Å². The maximum absolute atomic E-state index is 13.0. The van der Waals surface area contributed by atoms with Crippen LogP contribution >= 0.6 is 46.4 Å². The first-order valence-corrected chi connectivity index (χ1v) is 10.8. The summed E-state index contributed by atoms with van der Waals surface area (Å²) < 4.78 is 34.0. The molecule has 10 heteroatoms. The zero-order valence-electron chi connectivity index (χ0n) is 14.3. The zero-order chi connectivity index (χ0) is 21.6. The maximum atomic E-state index is 13.0. The summed E-state index contributed by atoms with van der Waals surface area (Å²) in [7, 11) is -5.11. The third-order valence-electron chi connectivity index (χ3n) is 4.37. The van der Waals surface area contributed by atoms with Crippen LogP contribution in [-0.2, 0) is 14.9 Å². The summed E-state index contributed by atoms with van der Waals surface area (Å²) in [5.74, 6) is -0.711. The Morgan fingerprint density at radius 3 is 2.07 bits per heavy atom. The van der Waals surface area contributed by atoms with Gasteiger partial charge >= 0.3 is 0 Å². The van der Waals surface area contributed by atoms with Crippen LogP contribution in [0, 0.1) is 0 Å². The molecule has 0 aliphatic heterocycles. The molecular weight excluding hydrogens is 482 g/mol. The van der Waals surface area contributed by atoms with Crippen molar-refractivity contribution in [1.82, 2.24) is 0 Å². The average Bonchev–Trinajstić information content (AvgIpc) is 2.62. The molecule has 0 saturated carbocycles. The van der Waals surface area contributed by atoms with E-state index in [2.05, 4.69) is 0 Å². The molecule has 1 atom stereocenters. The molecule has 3 aromatic rings. The van der Waals surface area contributed by atoms with Crippen LogP contribution < -0.4 is 0 Å². The number of halogens is 4. The molecule has 3 aromatic carbocycles. The van der Waals surface area contributed by atoms with Crippen LogP contribution in [0.15, 0.2) is 54.6 Å². The third-order valence-corrected chi connectivity index (χ3v) is 7.24. The van der Waals surface area contributed by atoms with E-state index in [0.717, 1.165) is 6.07 Å². The van der Waals surface area contributed by atoms with Crippen molar-refractivity contribution in [3.63, 3.8) is 0 Å². The van der Waals surface area contributed by atoms with Crippen molar-refractivity contribution in [2.24, 2.45) is 0 Å². The van der Waals surface area contributed by atoms with Gasteiger partial charge in [-0.2, -0.15) is 8.42 Å². The minimum Gasteiger partial charge on any atom is -0.508 e. The van der Waals surface area contributed by atoms with Gasteiger partial charge in [-0.05, 0) is 35.9 Å². The van der Waals surface area contributed by atoms with Crippen LogP contribution in [0.3, 0.4) is 0 Å². The molecule has 0 aromatic heterocycles. The molecule has 0 saturated heterocycles. The summed E-state index contributed by atoms with van der Waals surface area (Å²) in [6.45, 7) is 0. The lowest BCUT2D eigenvalue weighted by Crippen LogP contribution is -2.39. The number of hydrogen-bond acceptors (Lipinski definition) is 4. The van der Waals surface area contributed by atoms with Crippen molar-refractivity contribution in [3.8, 4) is 11.5 Å². The fourth-order valence-electron chi connectivity index (χ4n) is 3.21. The van der Waals surface area contributed by atoms with E-state index in [1.54, 1.807) is 0 Å². The Kier molecular flexibility index (Phi) is 5.98. The van der Waals surface area contributed by atoms with Gasteiger partial charge in [0.05, 0.1) is 15.1 Å². The summed E-state index contributed by atoms with van der Waals surface area (Å²) in [6, 6.07) is 11.6. The maximum Gasteiger partial charge on any atom is 0.283 e. The van der Waals surface area contributed by atoms with E-state index in [1.807, 2.05) is 0 Å². The highest BCUT2D eigenvalue weighted by atomic mass is 35.5. The first-order chi connectivity index (χ1) is 13.5. The van der Waals surface area contributed by atoms with Crippen LogP contribution in [0.25, 0.3) is 0 Å². The number of benzene rings is 3. The number of phenols is 2. The Balaban J connectivity index is 2.65. The first-order valence-electron chi connectivity index (χ1n) is 7.89. The molecule has 3 rings (SSSR count). The second-order valence-electron chi connectivity index (χ2n) is 6.09. The Morgan fingerprint density at radius 1 is 0.793 bits per heavy atom. The SMILES string of the molecule is O=S(=O)(O)C(c1cccc(O)c1)(c1cccc(O)c1Cl)c1cc(Cl)cc(Cl)c1Cl. The molecule has 29 heavy (non-hydrogen) atoms. The van der Waals surface area contributed by atoms with Gasteiger partial charge < -0.3 is 10.2 Å². The molecule has 5 nitrogen and oxygen atoms in total. The van der Waals surface area contributed by atoms with Crippen LogP contribution in [0.1, 0.15) is 16.7 Å². The highest BCUT2D eigenvalue weighted by Crippen LogP contribution is 2.52. The minimum atomic E-state index is -5.11. The van der Waals surface area contributed by atoms with Crippen LogP contribution in [0.2, 0.25) is 20.1 Å². The van der Waals surface area contributed by atoms with Gasteiger partial charge in [0, 0.05) is 16.1 Å². The van der Waals surface area contributed by atoms with E-state index in [9.17, 15) is 23.2 Å². The summed E-state index contributed by atoms with van der Waals surface area (Å²) in [5.41, 5.74) is -0.530. The fraction of sp³-hybridized carbons (Fsp3) is 0.0526. The van der Waals surface area contributed by atoms with E-state index in [0.29, 0.717) is 0 Å². The average molecular weight is 494 g/mol. The van der Waals surface area contributed by atoms with Crippen molar-refractivity contribution in [2.75, 3.05) is 0 Å². The highest BCUT2D eigenvalue weighted by Gasteiger charge is 2.51. The lowest BCUT2D eigenvalue weighted by molar-refractivity contribution is 0.455. The largest absolute Gasteiger partial charge is 0.508 e. The Hall–Kier alpha value is -1.67. The summed E-state index contributed by atoms with van der Waals surface area (Å²) >= 11 is 24.8. The summed E-state index contributed by atoms with van der Waals surface area (Å²) in [4.78, 5) is 0. The molecule has 0 aliphatic rings. The van der Waals surface area contributed by atoms with Crippen LogP contribution in [-0.4, -0.2) is 23.2 Å². The smallest absolute Gasteiger partial charge is 0.283 e. The van der Waals surface area contributed by atoms with Crippen LogP contribution in [0.4, 0.5) is 0 Å². The lowest BCUT2D eigenvalue weighted by atomic mass is 9.83. The standard InChI is InChI=1S/C19H12Cl4O5S/c20-11-8-14(17(22)15(21)9-11)19(29(26,27)28,10-3-1-4-12(24)7-10)13-5-2-6-16(25)18(13)23/h1-9,24-25H,(H,26,27,28). The Labute approximate surface area is 186 Å². The van der Waals surface area contributed by atoms with E-state index in [4.69, 9.17) is 46.4 Å². The molecule has 0 aliphatic carbocycles. The molecule has 0 heterocycles. The van der Waals surface area contributed by atoms with Gasteiger partial charge in [0.15, 0.2) is 4.75 Å². The molecule has 0 fully saturated rings. The topological polar surface area (TPSA) is 94.8 Å². The van der Waals surface area contributed by atoms with E-state index < -0.39 is 20.6 Å². The highest BCUT2D eigenvalue weighted by molar-refractivity contribution is 7.87. The van der Waals surface area contributed by atoms with Crippen molar-refractivity contribution in [2.45, 2.75) is 4.75 Å². The molecular formula is C19H12Cl4O5S. The minimum absolute atomic E-state index is 0.0406. The second kappa shape index (κ2) is 7.87. The predicted molar refractivity (Wildman–Crippen MR) is 114 cm³/mol. The molecule has 0 radical (unpaired) electrons. The molecule has 1 unspecified atom stereocenters. The normalized spacial score (nSPS) is 13.8. The number of hydrogen-bond donors (Lipinski definition) is 3. The number of rotatable bonds is 4. The quantitative estimate of drug-likeness (QED) is 0.239. The van der Waals surface area contributed by atoms with Gasteiger partial charge in [0.1, 0.15) is 11.5 Å². The molecule has 0 spiro atoms. The third kappa shape index (κ3) is 3.65. The van der Waals surface area contributed by atoms with Gasteiger partial charge in [-0.1, -0.05) is 70.7 Å². The monoisotopic (exact) mass is 492 g/mol. The lowest BCUT2D eigenvalue weighted by Gasteiger charge is -2.34. The Bertz CT molecular complexity index is 1210. The summed E-state index contributed by atoms with van der Waals surface area (Å²) in [5, 5.41) is 19.5. The van der Waals surface area contributed by atoms with E-state index in [-0.39, 0.29) is 42.5 Å². The van der Waals surface area contributed by atoms with Crippen molar-refractivity contribution in [1.29, 1.82) is 0 Å². The zero-order valence-corrected chi connectivity index (χ0v) is 18.1. The second-order valence-corrected chi connectivity index (χ2v) is 9.26. The van der Waals surface area contributed by atoms with Gasteiger partial charge in [-0.15, -0.1) is 0 Å². The van der Waals surface area contributed by atoms with E-state index >= 15 is 0 Å². The molecule has 0 amide bonds. The summed E-state index contributed by atoms with van der Waals surface area (Å²) in [6.07, 6.45) is 0. The Morgan fingerprint density at radius 2 is 1.45 bits per heavy atom. The first kappa shape index (κ1) is 22.0. The molecule has 152 valence electrons. The van der Waals surface area contributed by atoms with Gasteiger partial charge in [0.25, 0.3) is 10.1 Å². The van der Waals surface area contributed by atoms with Gasteiger partial charge in [0.2, 0.25) is 0 Å².